The Labute approximate surface area is 121 Å². The lowest BCUT2D eigenvalue weighted by Gasteiger charge is -2.05. The normalized spacial score (nSPS) is 12.3. The summed E-state index contributed by atoms with van der Waals surface area (Å²) in [5.74, 6) is 0.639. The largest absolute Gasteiger partial charge is 0.337 e. The molecule has 1 aromatic heterocycles. The standard InChI is InChI=1S/C16H14FN3O/c17-13-8-6-11(7-9-13)10-14-19-16(21-20-14)15(18)12-4-2-1-3-5-12/h1-9,15H,10,18H2/t15-/m1/s1. The zero-order valence-corrected chi connectivity index (χ0v) is 11.2. The van der Waals surface area contributed by atoms with Gasteiger partial charge in [0, 0.05) is 6.42 Å². The predicted octanol–water partition coefficient (Wildman–Crippen LogP) is 2.85. The highest BCUT2D eigenvalue weighted by Crippen LogP contribution is 2.18. The summed E-state index contributed by atoms with van der Waals surface area (Å²) >= 11 is 0. The maximum Gasteiger partial charge on any atom is 0.248 e. The zero-order valence-electron chi connectivity index (χ0n) is 11.2. The molecule has 0 unspecified atom stereocenters. The van der Waals surface area contributed by atoms with E-state index in [2.05, 4.69) is 10.1 Å². The second-order valence-corrected chi connectivity index (χ2v) is 4.74. The molecule has 1 atom stereocenters. The van der Waals surface area contributed by atoms with Gasteiger partial charge in [0.1, 0.15) is 11.9 Å². The fraction of sp³-hybridized carbons (Fsp3) is 0.125. The van der Waals surface area contributed by atoms with Crippen molar-refractivity contribution in [2.24, 2.45) is 5.73 Å². The van der Waals surface area contributed by atoms with Crippen LogP contribution in [0.3, 0.4) is 0 Å². The lowest BCUT2D eigenvalue weighted by molar-refractivity contribution is 0.363. The number of halogens is 1. The van der Waals surface area contributed by atoms with E-state index < -0.39 is 6.04 Å². The molecule has 3 rings (SSSR count). The van der Waals surface area contributed by atoms with E-state index in [9.17, 15) is 4.39 Å². The highest BCUT2D eigenvalue weighted by Gasteiger charge is 2.16. The highest BCUT2D eigenvalue weighted by molar-refractivity contribution is 5.24. The van der Waals surface area contributed by atoms with Crippen LogP contribution >= 0.6 is 0 Å². The molecule has 106 valence electrons. The maximum absolute atomic E-state index is 12.9. The maximum atomic E-state index is 12.9. The molecule has 4 nitrogen and oxygen atoms in total. The summed E-state index contributed by atoms with van der Waals surface area (Å²) in [4.78, 5) is 4.31. The fourth-order valence-electron chi connectivity index (χ4n) is 2.05. The molecule has 0 amide bonds. The first-order valence-electron chi connectivity index (χ1n) is 6.60. The van der Waals surface area contributed by atoms with Gasteiger partial charge in [0.2, 0.25) is 5.89 Å². The van der Waals surface area contributed by atoms with Crippen molar-refractivity contribution in [1.82, 2.24) is 10.1 Å². The zero-order chi connectivity index (χ0) is 14.7. The Balaban J connectivity index is 1.75. The molecule has 21 heavy (non-hydrogen) atoms. The van der Waals surface area contributed by atoms with Gasteiger partial charge in [0.05, 0.1) is 0 Å². The Morgan fingerprint density at radius 2 is 1.76 bits per heavy atom. The third-order valence-corrected chi connectivity index (χ3v) is 3.18. The van der Waals surface area contributed by atoms with E-state index in [1.165, 1.54) is 12.1 Å². The molecular formula is C16H14FN3O. The minimum absolute atomic E-state index is 0.265. The van der Waals surface area contributed by atoms with E-state index in [-0.39, 0.29) is 5.82 Å². The molecule has 0 saturated carbocycles. The lowest BCUT2D eigenvalue weighted by atomic mass is 10.1. The molecule has 3 aromatic rings. The predicted molar refractivity (Wildman–Crippen MR) is 76.0 cm³/mol. The van der Waals surface area contributed by atoms with Crippen LogP contribution in [0.5, 0.6) is 0 Å². The summed E-state index contributed by atoms with van der Waals surface area (Å²) in [6.07, 6.45) is 0.477. The van der Waals surface area contributed by atoms with Crippen molar-refractivity contribution in [2.45, 2.75) is 12.5 Å². The molecule has 0 fully saturated rings. The van der Waals surface area contributed by atoms with Crippen molar-refractivity contribution in [2.75, 3.05) is 0 Å². The molecule has 2 aromatic carbocycles. The molecular weight excluding hydrogens is 269 g/mol. The molecule has 0 spiro atoms. The summed E-state index contributed by atoms with van der Waals surface area (Å²) in [5.41, 5.74) is 7.92. The average Bonchev–Trinajstić information content (AvgIpc) is 2.98. The van der Waals surface area contributed by atoms with E-state index in [0.29, 0.717) is 18.1 Å². The molecule has 0 radical (unpaired) electrons. The molecule has 0 aliphatic rings. The van der Waals surface area contributed by atoms with Gasteiger partial charge < -0.3 is 10.3 Å². The molecule has 0 saturated heterocycles. The first-order chi connectivity index (χ1) is 10.2. The average molecular weight is 283 g/mol. The summed E-state index contributed by atoms with van der Waals surface area (Å²) in [5, 5.41) is 3.92. The summed E-state index contributed by atoms with van der Waals surface area (Å²) in [7, 11) is 0. The first kappa shape index (κ1) is 13.5. The summed E-state index contributed by atoms with van der Waals surface area (Å²) in [6, 6.07) is 15.3. The van der Waals surface area contributed by atoms with Gasteiger partial charge in [-0.1, -0.05) is 47.6 Å². The Morgan fingerprint density at radius 3 is 2.48 bits per heavy atom. The number of rotatable bonds is 4. The third-order valence-electron chi connectivity index (χ3n) is 3.18. The van der Waals surface area contributed by atoms with E-state index >= 15 is 0 Å². The van der Waals surface area contributed by atoms with Gasteiger partial charge in [-0.25, -0.2) is 4.39 Å². The summed E-state index contributed by atoms with van der Waals surface area (Å²) < 4.78 is 18.1. The topological polar surface area (TPSA) is 64.9 Å². The van der Waals surface area contributed by atoms with Crippen LogP contribution in [0.1, 0.15) is 28.9 Å². The van der Waals surface area contributed by atoms with Crippen LogP contribution in [-0.2, 0) is 6.42 Å². The van der Waals surface area contributed by atoms with Crippen molar-refractivity contribution >= 4 is 0 Å². The SMILES string of the molecule is N[C@H](c1ccccc1)c1nc(Cc2ccc(F)cc2)no1. The third kappa shape index (κ3) is 3.14. The molecule has 5 heteroatoms. The van der Waals surface area contributed by atoms with Crippen LogP contribution in [0.2, 0.25) is 0 Å². The van der Waals surface area contributed by atoms with Crippen molar-refractivity contribution < 1.29 is 8.91 Å². The van der Waals surface area contributed by atoms with Gasteiger partial charge in [0.15, 0.2) is 5.82 Å². The van der Waals surface area contributed by atoms with E-state index in [1.807, 2.05) is 30.3 Å². The number of hydrogen-bond acceptors (Lipinski definition) is 4. The van der Waals surface area contributed by atoms with Crippen LogP contribution < -0.4 is 5.73 Å². The van der Waals surface area contributed by atoms with Crippen molar-refractivity contribution in [3.8, 4) is 0 Å². The lowest BCUT2D eigenvalue weighted by Crippen LogP contribution is -2.12. The van der Waals surface area contributed by atoms with Crippen molar-refractivity contribution in [1.29, 1.82) is 0 Å². The van der Waals surface area contributed by atoms with Crippen molar-refractivity contribution in [3.63, 3.8) is 0 Å². The van der Waals surface area contributed by atoms with E-state index in [0.717, 1.165) is 11.1 Å². The quantitative estimate of drug-likeness (QED) is 0.799. The van der Waals surface area contributed by atoms with Crippen LogP contribution in [0, 0.1) is 5.82 Å². The summed E-state index contributed by atoms with van der Waals surface area (Å²) in [6.45, 7) is 0. The minimum Gasteiger partial charge on any atom is -0.337 e. The molecule has 0 aliphatic heterocycles. The number of benzene rings is 2. The number of aromatic nitrogens is 2. The van der Waals surface area contributed by atoms with Gasteiger partial charge in [-0.3, -0.25) is 0 Å². The van der Waals surface area contributed by atoms with Gasteiger partial charge in [-0.2, -0.15) is 4.98 Å². The Kier molecular flexibility index (Phi) is 3.75. The van der Waals surface area contributed by atoms with E-state index in [1.54, 1.807) is 12.1 Å². The van der Waals surface area contributed by atoms with Crippen LogP contribution in [0.25, 0.3) is 0 Å². The van der Waals surface area contributed by atoms with Gasteiger partial charge in [-0.15, -0.1) is 0 Å². The molecule has 0 aliphatic carbocycles. The molecule has 0 bridgehead atoms. The molecule has 2 N–H and O–H groups in total. The fourth-order valence-corrected chi connectivity index (χ4v) is 2.05. The van der Waals surface area contributed by atoms with Crippen LogP contribution in [0.4, 0.5) is 4.39 Å². The van der Waals surface area contributed by atoms with Gasteiger partial charge >= 0.3 is 0 Å². The van der Waals surface area contributed by atoms with E-state index in [4.69, 9.17) is 10.3 Å². The minimum atomic E-state index is -0.444. The highest BCUT2D eigenvalue weighted by atomic mass is 19.1. The van der Waals surface area contributed by atoms with Crippen LogP contribution in [0.15, 0.2) is 59.1 Å². The monoisotopic (exact) mass is 283 g/mol. The Hall–Kier alpha value is -2.53. The Morgan fingerprint density at radius 1 is 1.05 bits per heavy atom. The number of nitrogens with zero attached hydrogens (tertiary/aromatic N) is 2. The van der Waals surface area contributed by atoms with Gasteiger partial charge in [0.25, 0.3) is 0 Å². The smallest absolute Gasteiger partial charge is 0.248 e. The second kappa shape index (κ2) is 5.85. The number of nitrogens with two attached hydrogens (primary N) is 1. The van der Waals surface area contributed by atoms with Gasteiger partial charge in [-0.05, 0) is 23.3 Å². The van der Waals surface area contributed by atoms with Crippen molar-refractivity contribution in [3.05, 3.63) is 83.3 Å². The number of hydrogen-bond donors (Lipinski definition) is 1. The molecule has 1 heterocycles. The Bertz CT molecular complexity index is 710. The first-order valence-corrected chi connectivity index (χ1v) is 6.60. The van der Waals surface area contributed by atoms with Crippen LogP contribution in [-0.4, -0.2) is 10.1 Å². The second-order valence-electron chi connectivity index (χ2n) is 4.74.